The zero-order valence-electron chi connectivity index (χ0n) is 16.2. The van der Waals surface area contributed by atoms with E-state index in [1.807, 2.05) is 35.0 Å². The van der Waals surface area contributed by atoms with Crippen LogP contribution in [0.2, 0.25) is 0 Å². The van der Waals surface area contributed by atoms with Crippen molar-refractivity contribution in [2.24, 2.45) is 0 Å². The Bertz CT molecular complexity index is 942. The van der Waals surface area contributed by atoms with E-state index < -0.39 is 9.84 Å². The first-order chi connectivity index (χ1) is 14.0. The van der Waals surface area contributed by atoms with E-state index in [9.17, 15) is 13.2 Å². The highest BCUT2D eigenvalue weighted by Crippen LogP contribution is 2.31. The van der Waals surface area contributed by atoms with Gasteiger partial charge in [-0.05, 0) is 41.8 Å². The van der Waals surface area contributed by atoms with E-state index in [2.05, 4.69) is 15.5 Å². The number of rotatable bonds is 6. The SMILES string of the molecule is O=C(CSc1nnnn1C1CCCCC1)N(c1ccccc1)C1CCS(=O)(=O)C1. The predicted octanol–water partition coefficient (Wildman–Crippen LogP) is 2.49. The first-order valence-corrected chi connectivity index (χ1v) is 12.8. The lowest BCUT2D eigenvalue weighted by atomic mass is 9.96. The number of nitrogens with zero attached hydrogens (tertiary/aromatic N) is 5. The monoisotopic (exact) mass is 435 g/mol. The van der Waals surface area contributed by atoms with Gasteiger partial charge in [-0.2, -0.15) is 0 Å². The molecule has 1 saturated heterocycles. The molecule has 0 bridgehead atoms. The summed E-state index contributed by atoms with van der Waals surface area (Å²) in [6, 6.07) is 9.25. The fourth-order valence-corrected chi connectivity index (χ4v) is 6.66. The number of carbonyl (C=O) groups is 1. The summed E-state index contributed by atoms with van der Waals surface area (Å²) < 4.78 is 25.8. The van der Waals surface area contributed by atoms with E-state index >= 15 is 0 Å². The number of hydrogen-bond donors (Lipinski definition) is 0. The molecule has 0 radical (unpaired) electrons. The van der Waals surface area contributed by atoms with Crippen molar-refractivity contribution in [3.05, 3.63) is 30.3 Å². The lowest BCUT2D eigenvalue weighted by Gasteiger charge is -2.28. The van der Waals surface area contributed by atoms with Crippen molar-refractivity contribution in [3.63, 3.8) is 0 Å². The fraction of sp³-hybridized carbons (Fsp3) is 0.579. The molecule has 2 aliphatic rings. The standard InChI is InChI=1S/C19H25N5O3S2/c25-18(13-28-19-20-21-22-24(19)16-9-5-2-6-10-16)23(15-7-3-1-4-8-15)17-11-12-29(26,27)14-17/h1,3-4,7-8,16-17H,2,5-6,9-14H2. The maximum absolute atomic E-state index is 13.2. The Morgan fingerprint density at radius 2 is 1.90 bits per heavy atom. The molecule has 1 aliphatic heterocycles. The van der Waals surface area contributed by atoms with Gasteiger partial charge in [-0.25, -0.2) is 13.1 Å². The van der Waals surface area contributed by atoms with Gasteiger partial charge in [0.1, 0.15) is 0 Å². The van der Waals surface area contributed by atoms with Crippen LogP contribution in [0, 0.1) is 0 Å². The molecule has 2 fully saturated rings. The quantitative estimate of drug-likeness (QED) is 0.643. The topological polar surface area (TPSA) is 98.1 Å². The molecule has 1 aliphatic carbocycles. The molecule has 2 aromatic rings. The molecule has 4 rings (SSSR count). The van der Waals surface area contributed by atoms with Crippen LogP contribution in [0.15, 0.2) is 35.5 Å². The van der Waals surface area contributed by atoms with E-state index in [0.29, 0.717) is 17.6 Å². The third kappa shape index (κ3) is 4.80. The van der Waals surface area contributed by atoms with E-state index in [1.165, 1.54) is 31.0 Å². The van der Waals surface area contributed by atoms with E-state index in [-0.39, 0.29) is 29.2 Å². The third-order valence-electron chi connectivity index (χ3n) is 5.58. The smallest absolute Gasteiger partial charge is 0.237 e. The highest BCUT2D eigenvalue weighted by molar-refractivity contribution is 7.99. The zero-order chi connectivity index (χ0) is 20.3. The minimum atomic E-state index is -3.10. The lowest BCUT2D eigenvalue weighted by molar-refractivity contribution is -0.116. The largest absolute Gasteiger partial charge is 0.308 e. The third-order valence-corrected chi connectivity index (χ3v) is 8.25. The van der Waals surface area contributed by atoms with Gasteiger partial charge in [0, 0.05) is 5.69 Å². The minimum absolute atomic E-state index is 0.0120. The van der Waals surface area contributed by atoms with Crippen molar-refractivity contribution in [2.45, 2.75) is 55.8 Å². The van der Waals surface area contributed by atoms with Crippen LogP contribution in [0.4, 0.5) is 5.69 Å². The molecular formula is C19H25N5O3S2. The summed E-state index contributed by atoms with van der Waals surface area (Å²) in [4.78, 5) is 14.8. The summed E-state index contributed by atoms with van der Waals surface area (Å²) in [5, 5.41) is 12.7. The summed E-state index contributed by atoms with van der Waals surface area (Å²) in [5.74, 6) is 0.180. The van der Waals surface area contributed by atoms with Gasteiger partial charge in [-0.15, -0.1) is 5.10 Å². The molecule has 1 atom stereocenters. The molecule has 2 heterocycles. The average Bonchev–Trinajstić information content (AvgIpc) is 3.34. The maximum Gasteiger partial charge on any atom is 0.237 e. The van der Waals surface area contributed by atoms with Crippen LogP contribution in [0.3, 0.4) is 0 Å². The van der Waals surface area contributed by atoms with Crippen LogP contribution in [0.5, 0.6) is 0 Å². The van der Waals surface area contributed by atoms with Crippen molar-refractivity contribution in [2.75, 3.05) is 22.2 Å². The summed E-state index contributed by atoms with van der Waals surface area (Å²) >= 11 is 1.32. The van der Waals surface area contributed by atoms with Crippen LogP contribution in [-0.4, -0.2) is 57.8 Å². The molecule has 1 unspecified atom stereocenters. The van der Waals surface area contributed by atoms with Gasteiger partial charge in [-0.1, -0.05) is 49.2 Å². The summed E-state index contributed by atoms with van der Waals surface area (Å²) in [6.07, 6.45) is 6.17. The number of hydrogen-bond acceptors (Lipinski definition) is 7. The van der Waals surface area contributed by atoms with Crippen molar-refractivity contribution in [1.29, 1.82) is 0 Å². The fourth-order valence-electron chi connectivity index (χ4n) is 4.16. The highest BCUT2D eigenvalue weighted by atomic mass is 32.2. The molecular weight excluding hydrogens is 410 g/mol. The second-order valence-electron chi connectivity index (χ2n) is 7.64. The zero-order valence-corrected chi connectivity index (χ0v) is 17.8. The van der Waals surface area contributed by atoms with Crippen LogP contribution >= 0.6 is 11.8 Å². The Balaban J connectivity index is 1.48. The number of anilines is 1. The van der Waals surface area contributed by atoms with Crippen LogP contribution in [0.25, 0.3) is 0 Å². The molecule has 10 heteroatoms. The van der Waals surface area contributed by atoms with Crippen LogP contribution in [-0.2, 0) is 14.6 Å². The molecule has 0 spiro atoms. The van der Waals surface area contributed by atoms with Gasteiger partial charge >= 0.3 is 0 Å². The van der Waals surface area contributed by atoms with Gasteiger partial charge in [0.2, 0.25) is 11.1 Å². The Morgan fingerprint density at radius 3 is 2.59 bits per heavy atom. The van der Waals surface area contributed by atoms with Crippen LogP contribution < -0.4 is 4.90 Å². The Hall–Kier alpha value is -1.94. The Kier molecular flexibility index (Phi) is 6.19. The average molecular weight is 436 g/mol. The summed E-state index contributed by atoms with van der Waals surface area (Å²) in [5.41, 5.74) is 0.729. The second kappa shape index (κ2) is 8.83. The number of benzene rings is 1. The van der Waals surface area contributed by atoms with Crippen molar-refractivity contribution in [1.82, 2.24) is 20.2 Å². The lowest BCUT2D eigenvalue weighted by Crippen LogP contribution is -2.42. The normalized spacial score (nSPS) is 21.9. The first kappa shape index (κ1) is 20.3. The van der Waals surface area contributed by atoms with Crippen LogP contribution in [0.1, 0.15) is 44.6 Å². The number of para-hydroxylation sites is 1. The number of amides is 1. The molecule has 1 aromatic heterocycles. The van der Waals surface area contributed by atoms with Gasteiger partial charge in [-0.3, -0.25) is 4.79 Å². The number of tetrazole rings is 1. The van der Waals surface area contributed by atoms with Gasteiger partial charge in [0.25, 0.3) is 0 Å². The molecule has 156 valence electrons. The molecule has 8 nitrogen and oxygen atoms in total. The van der Waals surface area contributed by atoms with Crippen molar-refractivity contribution in [3.8, 4) is 0 Å². The molecule has 0 N–H and O–H groups in total. The van der Waals surface area contributed by atoms with E-state index in [1.54, 1.807) is 4.90 Å². The van der Waals surface area contributed by atoms with Crippen molar-refractivity contribution < 1.29 is 13.2 Å². The number of thioether (sulfide) groups is 1. The maximum atomic E-state index is 13.2. The molecule has 1 amide bonds. The van der Waals surface area contributed by atoms with Gasteiger partial charge in [0.15, 0.2) is 9.84 Å². The minimum Gasteiger partial charge on any atom is -0.308 e. The number of aromatic nitrogens is 4. The first-order valence-electron chi connectivity index (χ1n) is 10.0. The summed E-state index contributed by atoms with van der Waals surface area (Å²) in [7, 11) is -3.10. The van der Waals surface area contributed by atoms with Gasteiger partial charge in [0.05, 0.1) is 29.3 Å². The second-order valence-corrected chi connectivity index (χ2v) is 10.8. The van der Waals surface area contributed by atoms with E-state index in [4.69, 9.17) is 0 Å². The Morgan fingerprint density at radius 1 is 1.14 bits per heavy atom. The van der Waals surface area contributed by atoms with Gasteiger partial charge < -0.3 is 4.90 Å². The molecule has 29 heavy (non-hydrogen) atoms. The predicted molar refractivity (Wildman–Crippen MR) is 112 cm³/mol. The Labute approximate surface area is 175 Å². The number of sulfone groups is 1. The molecule has 1 saturated carbocycles. The highest BCUT2D eigenvalue weighted by Gasteiger charge is 2.35. The molecule has 1 aromatic carbocycles. The summed E-state index contributed by atoms with van der Waals surface area (Å²) in [6.45, 7) is 0. The van der Waals surface area contributed by atoms with Crippen molar-refractivity contribution >= 4 is 33.2 Å². The number of carbonyl (C=O) groups excluding carboxylic acids is 1. The van der Waals surface area contributed by atoms with E-state index in [0.717, 1.165) is 18.5 Å².